The van der Waals surface area contributed by atoms with Crippen molar-refractivity contribution < 1.29 is 9.59 Å². The van der Waals surface area contributed by atoms with E-state index in [1.165, 1.54) is 23.5 Å². The zero-order chi connectivity index (χ0) is 22.7. The molecule has 0 spiro atoms. The van der Waals surface area contributed by atoms with Crippen molar-refractivity contribution in [2.75, 3.05) is 11.9 Å². The maximum Gasteiger partial charge on any atom is 0.253 e. The molecule has 2 N–H and O–H groups in total. The normalized spacial score (nSPS) is 10.7. The second-order valence-corrected chi connectivity index (χ2v) is 8.62. The van der Waals surface area contributed by atoms with Gasteiger partial charge in [-0.1, -0.05) is 64.9 Å². The van der Waals surface area contributed by atoms with Crippen LogP contribution in [-0.4, -0.2) is 32.9 Å². The van der Waals surface area contributed by atoms with Crippen LogP contribution in [0.5, 0.6) is 0 Å². The van der Waals surface area contributed by atoms with Gasteiger partial charge in [-0.15, -0.1) is 0 Å². The first kappa shape index (κ1) is 22.0. The zero-order valence-electron chi connectivity index (χ0n) is 16.8. The van der Waals surface area contributed by atoms with E-state index in [0.29, 0.717) is 10.2 Å². The number of amides is 2. The third-order valence-corrected chi connectivity index (χ3v) is 6.04. The molecule has 2 aromatic heterocycles. The maximum atomic E-state index is 12.5. The Bertz CT molecular complexity index is 1290. The van der Waals surface area contributed by atoms with Gasteiger partial charge in [0.25, 0.3) is 5.91 Å². The van der Waals surface area contributed by atoms with E-state index < -0.39 is 11.8 Å². The summed E-state index contributed by atoms with van der Waals surface area (Å²) in [6.45, 7) is -0.240. The number of rotatable bonds is 6. The predicted molar refractivity (Wildman–Crippen MR) is 127 cm³/mol. The Balaban J connectivity index is 1.50. The fourth-order valence-corrected chi connectivity index (χ4v) is 4.53. The molecule has 0 unspecified atom stereocenters. The second kappa shape index (κ2) is 9.52. The van der Waals surface area contributed by atoms with E-state index in [1.54, 1.807) is 12.3 Å². The number of thiazole rings is 1. The molecular weight excluding hydrogens is 469 g/mol. The second-order valence-electron chi connectivity index (χ2n) is 6.78. The number of halogens is 2. The van der Waals surface area contributed by atoms with Crippen molar-refractivity contribution in [1.82, 2.24) is 19.9 Å². The summed E-state index contributed by atoms with van der Waals surface area (Å²) in [6, 6.07) is 14.2. The van der Waals surface area contributed by atoms with Gasteiger partial charge in [0.15, 0.2) is 11.0 Å². The number of carbonyl (C=O) groups excluding carboxylic acids is 2. The molecule has 0 fully saturated rings. The number of aryl methyl sites for hydroxylation is 1. The van der Waals surface area contributed by atoms with Crippen LogP contribution in [0.15, 0.2) is 60.9 Å². The monoisotopic (exact) mass is 485 g/mol. The van der Waals surface area contributed by atoms with Crippen LogP contribution in [0.25, 0.3) is 22.0 Å². The molecule has 0 atom stereocenters. The zero-order valence-corrected chi connectivity index (χ0v) is 19.1. The lowest BCUT2D eigenvalue weighted by Crippen LogP contribution is -2.33. The van der Waals surface area contributed by atoms with Gasteiger partial charge >= 0.3 is 0 Å². The molecule has 0 aliphatic rings. The van der Waals surface area contributed by atoms with Gasteiger partial charge in [0.2, 0.25) is 5.91 Å². The highest BCUT2D eigenvalue weighted by Crippen LogP contribution is 2.38. The summed E-state index contributed by atoms with van der Waals surface area (Å²) in [5.74, 6) is -0.143. The molecule has 2 heterocycles. The van der Waals surface area contributed by atoms with Gasteiger partial charge < -0.3 is 15.2 Å². The lowest BCUT2D eigenvalue weighted by atomic mass is 10.1. The summed E-state index contributed by atoms with van der Waals surface area (Å²) >= 11 is 13.2. The van der Waals surface area contributed by atoms with Crippen LogP contribution >= 0.6 is 34.5 Å². The molecule has 10 heteroatoms. The lowest BCUT2D eigenvalue weighted by molar-refractivity contribution is -0.115. The molecular formula is C22H17Cl2N5O2S. The van der Waals surface area contributed by atoms with E-state index >= 15 is 0 Å². The molecule has 7 nitrogen and oxygen atoms in total. The Hall–Kier alpha value is -3.20. The Labute approximate surface area is 198 Å². The number of imidazole rings is 1. The first-order valence-corrected chi connectivity index (χ1v) is 11.1. The van der Waals surface area contributed by atoms with Crippen LogP contribution in [0.3, 0.4) is 0 Å². The molecule has 162 valence electrons. The SMILES string of the molecule is Cn1ccnc1-c1sc(NC(=O)CNC(=O)c2ccc(Cl)cc2Cl)nc1-c1ccccc1. The van der Waals surface area contributed by atoms with Crippen molar-refractivity contribution >= 4 is 51.5 Å². The molecule has 0 bridgehead atoms. The van der Waals surface area contributed by atoms with E-state index in [4.69, 9.17) is 23.2 Å². The minimum Gasteiger partial charge on any atom is -0.343 e. The van der Waals surface area contributed by atoms with E-state index in [9.17, 15) is 9.59 Å². The molecule has 0 aliphatic heterocycles. The smallest absolute Gasteiger partial charge is 0.253 e. The number of benzene rings is 2. The van der Waals surface area contributed by atoms with Gasteiger partial charge in [0.1, 0.15) is 0 Å². The molecule has 4 rings (SSSR count). The van der Waals surface area contributed by atoms with Gasteiger partial charge in [-0.25, -0.2) is 9.97 Å². The van der Waals surface area contributed by atoms with Crippen LogP contribution in [0.4, 0.5) is 5.13 Å². The highest BCUT2D eigenvalue weighted by atomic mass is 35.5. The van der Waals surface area contributed by atoms with Crippen LogP contribution < -0.4 is 10.6 Å². The standard InChI is InChI=1S/C22H17Cl2N5O2S/c1-29-10-9-25-20(29)19-18(13-5-3-2-4-6-13)28-22(32-19)27-17(30)12-26-21(31)15-8-7-14(23)11-16(15)24/h2-11H,12H2,1H3,(H,26,31)(H,27,28,30). The summed E-state index contributed by atoms with van der Waals surface area (Å²) in [7, 11) is 1.90. The molecule has 4 aromatic rings. The van der Waals surface area contributed by atoms with E-state index in [0.717, 1.165) is 22.0 Å². The van der Waals surface area contributed by atoms with Gasteiger partial charge in [-0.05, 0) is 18.2 Å². The van der Waals surface area contributed by atoms with Crippen molar-refractivity contribution in [3.05, 3.63) is 76.5 Å². The minimum atomic E-state index is -0.473. The molecule has 2 amide bonds. The van der Waals surface area contributed by atoms with E-state index in [2.05, 4.69) is 20.6 Å². The van der Waals surface area contributed by atoms with Gasteiger partial charge in [-0.2, -0.15) is 0 Å². The minimum absolute atomic E-state index is 0.211. The molecule has 2 aromatic carbocycles. The lowest BCUT2D eigenvalue weighted by Gasteiger charge is -2.07. The van der Waals surface area contributed by atoms with Gasteiger partial charge in [0, 0.05) is 30.0 Å². The molecule has 32 heavy (non-hydrogen) atoms. The van der Waals surface area contributed by atoms with Crippen molar-refractivity contribution in [3.8, 4) is 22.0 Å². The molecule has 0 saturated heterocycles. The highest BCUT2D eigenvalue weighted by molar-refractivity contribution is 7.19. The number of hydrogen-bond acceptors (Lipinski definition) is 5. The summed E-state index contributed by atoms with van der Waals surface area (Å²) in [6.07, 6.45) is 3.55. The third-order valence-electron chi connectivity index (χ3n) is 4.53. The summed E-state index contributed by atoms with van der Waals surface area (Å²) in [4.78, 5) is 34.6. The van der Waals surface area contributed by atoms with Crippen LogP contribution in [0.1, 0.15) is 10.4 Å². The summed E-state index contributed by atoms with van der Waals surface area (Å²) in [5.41, 5.74) is 1.87. The fourth-order valence-electron chi connectivity index (χ4n) is 2.99. The average molecular weight is 486 g/mol. The predicted octanol–water partition coefficient (Wildman–Crippen LogP) is 4.89. The Morgan fingerprint density at radius 3 is 2.59 bits per heavy atom. The maximum absolute atomic E-state index is 12.5. The first-order chi connectivity index (χ1) is 15.4. The summed E-state index contributed by atoms with van der Waals surface area (Å²) in [5, 5.41) is 6.34. The van der Waals surface area contributed by atoms with Crippen molar-refractivity contribution in [3.63, 3.8) is 0 Å². The largest absolute Gasteiger partial charge is 0.343 e. The van der Waals surface area contributed by atoms with Crippen molar-refractivity contribution in [1.29, 1.82) is 0 Å². The number of nitrogens with one attached hydrogen (secondary N) is 2. The molecule has 0 radical (unpaired) electrons. The average Bonchev–Trinajstić information content (AvgIpc) is 3.38. The number of carbonyl (C=O) groups is 2. The van der Waals surface area contributed by atoms with E-state index in [1.807, 2.05) is 48.1 Å². The quantitative estimate of drug-likeness (QED) is 0.407. The number of hydrogen-bond donors (Lipinski definition) is 2. The van der Waals surface area contributed by atoms with E-state index in [-0.39, 0.29) is 17.1 Å². The van der Waals surface area contributed by atoms with Crippen LogP contribution in [-0.2, 0) is 11.8 Å². The van der Waals surface area contributed by atoms with Crippen LogP contribution in [0.2, 0.25) is 10.0 Å². The Kier molecular flexibility index (Phi) is 6.55. The number of anilines is 1. The Morgan fingerprint density at radius 1 is 1.12 bits per heavy atom. The summed E-state index contributed by atoms with van der Waals surface area (Å²) < 4.78 is 1.89. The van der Waals surface area contributed by atoms with Crippen LogP contribution in [0, 0.1) is 0 Å². The fraction of sp³-hybridized carbons (Fsp3) is 0.0909. The van der Waals surface area contributed by atoms with Crippen molar-refractivity contribution in [2.45, 2.75) is 0 Å². The topological polar surface area (TPSA) is 88.9 Å². The van der Waals surface area contributed by atoms with Gasteiger partial charge in [0.05, 0.1) is 27.7 Å². The van der Waals surface area contributed by atoms with Gasteiger partial charge in [-0.3, -0.25) is 9.59 Å². The highest BCUT2D eigenvalue weighted by Gasteiger charge is 2.19. The molecule has 0 saturated carbocycles. The third kappa shape index (κ3) is 4.83. The molecule has 0 aliphatic carbocycles. The number of nitrogens with zero attached hydrogens (tertiary/aromatic N) is 3. The first-order valence-electron chi connectivity index (χ1n) is 9.49. The Morgan fingerprint density at radius 2 is 1.91 bits per heavy atom. The number of aromatic nitrogens is 3. The van der Waals surface area contributed by atoms with Crippen molar-refractivity contribution in [2.24, 2.45) is 7.05 Å².